The van der Waals surface area contributed by atoms with Crippen LogP contribution in [-0.4, -0.2) is 27.4 Å². The minimum Gasteiger partial charge on any atom is -0.384 e. The highest BCUT2D eigenvalue weighted by Crippen LogP contribution is 2.15. The SMILES string of the molecule is Cc1nn(C)c(C)c1C(=O)Nc1ccc(C#CCO)cc1. The highest BCUT2D eigenvalue weighted by molar-refractivity contribution is 6.05. The van der Waals surface area contributed by atoms with Gasteiger partial charge in [-0.3, -0.25) is 9.48 Å². The van der Waals surface area contributed by atoms with Crippen LogP contribution in [0.4, 0.5) is 5.69 Å². The highest BCUT2D eigenvalue weighted by Gasteiger charge is 2.17. The number of nitrogens with one attached hydrogen (secondary N) is 1. The van der Waals surface area contributed by atoms with Gasteiger partial charge >= 0.3 is 0 Å². The molecule has 0 atom stereocenters. The standard InChI is InChI=1S/C16H17N3O2/c1-11-15(12(2)19(3)18-11)16(21)17-14-8-6-13(7-9-14)5-4-10-20/h6-9,20H,10H2,1-3H3,(H,17,21). The Morgan fingerprint density at radius 1 is 1.33 bits per heavy atom. The Morgan fingerprint density at radius 3 is 2.52 bits per heavy atom. The van der Waals surface area contributed by atoms with Crippen molar-refractivity contribution in [2.45, 2.75) is 13.8 Å². The largest absolute Gasteiger partial charge is 0.384 e. The van der Waals surface area contributed by atoms with Crippen molar-refractivity contribution in [2.75, 3.05) is 11.9 Å². The van der Waals surface area contributed by atoms with Crippen LogP contribution in [-0.2, 0) is 7.05 Å². The van der Waals surface area contributed by atoms with Gasteiger partial charge in [0.1, 0.15) is 6.61 Å². The lowest BCUT2D eigenvalue weighted by Gasteiger charge is -2.05. The summed E-state index contributed by atoms with van der Waals surface area (Å²) < 4.78 is 1.69. The predicted molar refractivity (Wildman–Crippen MR) is 81.0 cm³/mol. The van der Waals surface area contributed by atoms with E-state index in [1.165, 1.54) is 0 Å². The molecule has 5 nitrogen and oxygen atoms in total. The molecular weight excluding hydrogens is 266 g/mol. The fraction of sp³-hybridized carbons (Fsp3) is 0.250. The number of aromatic nitrogens is 2. The molecule has 0 unspecified atom stereocenters. The Kier molecular flexibility index (Phi) is 4.41. The molecule has 0 fully saturated rings. The van der Waals surface area contributed by atoms with Crippen molar-refractivity contribution in [3.8, 4) is 11.8 Å². The number of rotatable bonds is 2. The monoisotopic (exact) mass is 283 g/mol. The van der Waals surface area contributed by atoms with Crippen molar-refractivity contribution in [3.63, 3.8) is 0 Å². The third-order valence-corrected chi connectivity index (χ3v) is 3.19. The first-order valence-electron chi connectivity index (χ1n) is 6.54. The molecule has 21 heavy (non-hydrogen) atoms. The molecule has 2 rings (SSSR count). The van der Waals surface area contributed by atoms with Crippen LogP contribution in [0.3, 0.4) is 0 Å². The van der Waals surface area contributed by atoms with Gasteiger partial charge in [0.25, 0.3) is 5.91 Å². The minimum atomic E-state index is -0.174. The smallest absolute Gasteiger partial charge is 0.259 e. The first-order chi connectivity index (χ1) is 10.0. The van der Waals surface area contributed by atoms with E-state index >= 15 is 0 Å². The summed E-state index contributed by atoms with van der Waals surface area (Å²) in [4.78, 5) is 12.3. The van der Waals surface area contributed by atoms with Gasteiger partial charge in [-0.1, -0.05) is 11.8 Å². The maximum atomic E-state index is 12.3. The van der Waals surface area contributed by atoms with Crippen LogP contribution in [0.15, 0.2) is 24.3 Å². The molecule has 0 saturated heterocycles. The molecule has 1 heterocycles. The fourth-order valence-electron chi connectivity index (χ4n) is 2.07. The molecule has 108 valence electrons. The van der Waals surface area contributed by atoms with Gasteiger partial charge in [-0.25, -0.2) is 0 Å². The van der Waals surface area contributed by atoms with Crippen LogP contribution in [0.1, 0.15) is 27.3 Å². The lowest BCUT2D eigenvalue weighted by Crippen LogP contribution is -2.14. The van der Waals surface area contributed by atoms with Crippen LogP contribution in [0.25, 0.3) is 0 Å². The van der Waals surface area contributed by atoms with Crippen molar-refractivity contribution in [1.29, 1.82) is 0 Å². The molecule has 0 saturated carbocycles. The van der Waals surface area contributed by atoms with Gasteiger partial charge in [-0.15, -0.1) is 0 Å². The van der Waals surface area contributed by atoms with Crippen molar-refractivity contribution >= 4 is 11.6 Å². The molecule has 0 aliphatic rings. The summed E-state index contributed by atoms with van der Waals surface area (Å²) in [5.74, 6) is 5.20. The van der Waals surface area contributed by atoms with Crippen molar-refractivity contribution < 1.29 is 9.90 Å². The van der Waals surface area contributed by atoms with E-state index in [1.54, 1.807) is 28.9 Å². The maximum Gasteiger partial charge on any atom is 0.259 e. The van der Waals surface area contributed by atoms with Crippen LogP contribution >= 0.6 is 0 Å². The fourth-order valence-corrected chi connectivity index (χ4v) is 2.07. The lowest BCUT2D eigenvalue weighted by atomic mass is 10.1. The van der Waals surface area contributed by atoms with Crippen molar-refractivity contribution in [3.05, 3.63) is 46.8 Å². The average molecular weight is 283 g/mol. The molecule has 2 N–H and O–H groups in total. The van der Waals surface area contributed by atoms with E-state index < -0.39 is 0 Å². The molecule has 0 aliphatic carbocycles. The summed E-state index contributed by atoms with van der Waals surface area (Å²) in [6, 6.07) is 7.14. The summed E-state index contributed by atoms with van der Waals surface area (Å²) in [6.45, 7) is 3.51. The third kappa shape index (κ3) is 3.30. The van der Waals surface area contributed by atoms with Gasteiger partial charge in [-0.05, 0) is 38.1 Å². The Hall–Kier alpha value is -2.58. The number of aryl methyl sites for hydroxylation is 2. The zero-order chi connectivity index (χ0) is 15.4. The van der Waals surface area contributed by atoms with Crippen LogP contribution < -0.4 is 5.32 Å². The molecule has 0 bridgehead atoms. The molecule has 0 aliphatic heterocycles. The first kappa shape index (κ1) is 14.8. The van der Waals surface area contributed by atoms with E-state index in [0.29, 0.717) is 16.9 Å². The Morgan fingerprint density at radius 2 is 2.00 bits per heavy atom. The molecular formula is C16H17N3O2. The number of aliphatic hydroxyl groups is 1. The van der Waals surface area contributed by atoms with Crippen molar-refractivity contribution in [2.24, 2.45) is 7.05 Å². The van der Waals surface area contributed by atoms with Gasteiger partial charge in [-0.2, -0.15) is 5.10 Å². The van der Waals surface area contributed by atoms with Crippen molar-refractivity contribution in [1.82, 2.24) is 9.78 Å². The first-order valence-corrected chi connectivity index (χ1v) is 6.54. The second kappa shape index (κ2) is 6.25. The van der Waals surface area contributed by atoms with Crippen LogP contribution in [0.2, 0.25) is 0 Å². The number of nitrogens with zero attached hydrogens (tertiary/aromatic N) is 2. The average Bonchev–Trinajstić information content (AvgIpc) is 2.71. The third-order valence-electron chi connectivity index (χ3n) is 3.19. The molecule has 1 amide bonds. The summed E-state index contributed by atoms with van der Waals surface area (Å²) in [5.41, 5.74) is 3.61. The van der Waals surface area contributed by atoms with Crippen LogP contribution in [0.5, 0.6) is 0 Å². The van der Waals surface area contributed by atoms with E-state index in [-0.39, 0.29) is 12.5 Å². The van der Waals surface area contributed by atoms with Gasteiger partial charge in [0.05, 0.1) is 11.3 Å². The number of carbonyl (C=O) groups excluding carboxylic acids is 1. The van der Waals surface area contributed by atoms with E-state index in [2.05, 4.69) is 22.3 Å². The van der Waals surface area contributed by atoms with Gasteiger partial charge in [0, 0.05) is 24.0 Å². The minimum absolute atomic E-state index is 0.169. The molecule has 2 aromatic rings. The number of anilines is 1. The molecule has 5 heteroatoms. The molecule has 1 aromatic heterocycles. The number of hydrogen-bond donors (Lipinski definition) is 2. The zero-order valence-corrected chi connectivity index (χ0v) is 12.3. The second-order valence-electron chi connectivity index (χ2n) is 4.66. The number of carbonyl (C=O) groups is 1. The Bertz CT molecular complexity index is 718. The quantitative estimate of drug-likeness (QED) is 0.823. The summed E-state index contributed by atoms with van der Waals surface area (Å²) in [7, 11) is 1.81. The number of amides is 1. The normalized spacial score (nSPS) is 9.90. The zero-order valence-electron chi connectivity index (χ0n) is 12.3. The topological polar surface area (TPSA) is 67.2 Å². The summed E-state index contributed by atoms with van der Waals surface area (Å²) in [5, 5.41) is 15.7. The van der Waals surface area contributed by atoms with E-state index in [4.69, 9.17) is 5.11 Å². The molecule has 1 aromatic carbocycles. The Balaban J connectivity index is 2.16. The molecule has 0 radical (unpaired) electrons. The van der Waals surface area contributed by atoms with E-state index in [9.17, 15) is 4.79 Å². The highest BCUT2D eigenvalue weighted by atomic mass is 16.2. The van der Waals surface area contributed by atoms with E-state index in [0.717, 1.165) is 11.3 Å². The predicted octanol–water partition coefficient (Wildman–Crippen LogP) is 1.63. The Labute approximate surface area is 123 Å². The van der Waals surface area contributed by atoms with Gasteiger partial charge < -0.3 is 10.4 Å². The summed E-state index contributed by atoms with van der Waals surface area (Å²) in [6.07, 6.45) is 0. The number of aliphatic hydroxyl groups excluding tert-OH is 1. The second-order valence-corrected chi connectivity index (χ2v) is 4.66. The summed E-state index contributed by atoms with van der Waals surface area (Å²) >= 11 is 0. The van der Waals surface area contributed by atoms with Gasteiger partial charge in [0.2, 0.25) is 0 Å². The maximum absolute atomic E-state index is 12.3. The number of hydrogen-bond acceptors (Lipinski definition) is 3. The lowest BCUT2D eigenvalue weighted by molar-refractivity contribution is 0.102. The molecule has 0 spiro atoms. The van der Waals surface area contributed by atoms with Crippen LogP contribution in [0, 0.1) is 25.7 Å². The van der Waals surface area contributed by atoms with Gasteiger partial charge in [0.15, 0.2) is 0 Å². The van der Waals surface area contributed by atoms with E-state index in [1.807, 2.05) is 20.9 Å². The number of benzene rings is 1.